The zero-order valence-electron chi connectivity index (χ0n) is 15.7. The SMILES string of the molecule is Cc1[nH]c2ccccc2c1C(=O)COC(=O)c1ccc(OCC(C)C)cc1. The fourth-order valence-electron chi connectivity index (χ4n) is 2.87. The molecule has 1 heterocycles. The van der Waals surface area contributed by atoms with Crippen molar-refractivity contribution < 1.29 is 19.1 Å². The Morgan fingerprint density at radius 3 is 2.44 bits per heavy atom. The number of ketones is 1. The standard InChI is InChI=1S/C22H23NO4/c1-14(2)12-26-17-10-8-16(9-11-17)22(25)27-13-20(24)21-15(3)23-19-7-5-4-6-18(19)21/h4-11,14,23H,12-13H2,1-3H3. The monoisotopic (exact) mass is 365 g/mol. The third-order valence-corrected chi connectivity index (χ3v) is 4.18. The molecule has 0 unspecified atom stereocenters. The Hall–Kier alpha value is -3.08. The molecule has 2 aromatic carbocycles. The molecule has 27 heavy (non-hydrogen) atoms. The number of carbonyl (C=O) groups is 2. The Labute approximate surface area is 158 Å². The normalized spacial score (nSPS) is 11.0. The van der Waals surface area contributed by atoms with Gasteiger partial charge in [-0.3, -0.25) is 4.79 Å². The molecule has 1 N–H and O–H groups in total. The summed E-state index contributed by atoms with van der Waals surface area (Å²) < 4.78 is 10.8. The molecule has 0 fully saturated rings. The third-order valence-electron chi connectivity index (χ3n) is 4.18. The van der Waals surface area contributed by atoms with Crippen molar-refractivity contribution >= 4 is 22.7 Å². The van der Waals surface area contributed by atoms with Crippen molar-refractivity contribution in [3.8, 4) is 5.75 Å². The number of aryl methyl sites for hydroxylation is 1. The lowest BCUT2D eigenvalue weighted by Gasteiger charge is -2.09. The highest BCUT2D eigenvalue weighted by molar-refractivity contribution is 6.10. The molecule has 3 rings (SSSR count). The average molecular weight is 365 g/mol. The first-order chi connectivity index (χ1) is 13.0. The second-order valence-corrected chi connectivity index (χ2v) is 6.90. The summed E-state index contributed by atoms with van der Waals surface area (Å²) in [6.07, 6.45) is 0. The first-order valence-corrected chi connectivity index (χ1v) is 8.96. The van der Waals surface area contributed by atoms with E-state index in [-0.39, 0.29) is 12.4 Å². The molecule has 0 aliphatic carbocycles. The van der Waals surface area contributed by atoms with Gasteiger partial charge in [-0.05, 0) is 43.2 Å². The van der Waals surface area contributed by atoms with Gasteiger partial charge in [-0.15, -0.1) is 0 Å². The number of aromatic nitrogens is 1. The lowest BCUT2D eigenvalue weighted by Crippen LogP contribution is -2.15. The predicted molar refractivity (Wildman–Crippen MR) is 104 cm³/mol. The summed E-state index contributed by atoms with van der Waals surface area (Å²) in [6, 6.07) is 14.3. The van der Waals surface area contributed by atoms with Crippen LogP contribution in [0.2, 0.25) is 0 Å². The molecule has 3 aromatic rings. The molecular formula is C22H23NO4. The number of fused-ring (bicyclic) bond motifs is 1. The summed E-state index contributed by atoms with van der Waals surface area (Å²) in [4.78, 5) is 28.0. The molecule has 0 saturated carbocycles. The summed E-state index contributed by atoms with van der Waals surface area (Å²) in [5, 5.41) is 0.836. The third kappa shape index (κ3) is 4.37. The summed E-state index contributed by atoms with van der Waals surface area (Å²) >= 11 is 0. The number of esters is 1. The number of Topliss-reactive ketones (excluding diaryl/α,β-unsaturated/α-hetero) is 1. The maximum atomic E-state index is 12.6. The number of ether oxygens (including phenoxy) is 2. The van der Waals surface area contributed by atoms with Gasteiger partial charge in [0.25, 0.3) is 0 Å². The molecule has 1 aromatic heterocycles. The second kappa shape index (κ2) is 8.08. The number of hydrogen-bond donors (Lipinski definition) is 1. The van der Waals surface area contributed by atoms with Crippen LogP contribution in [0.1, 0.15) is 40.3 Å². The molecule has 0 saturated heterocycles. The molecule has 0 aliphatic heterocycles. The molecule has 5 nitrogen and oxygen atoms in total. The van der Waals surface area contributed by atoms with Crippen LogP contribution in [-0.2, 0) is 4.74 Å². The molecule has 0 spiro atoms. The van der Waals surface area contributed by atoms with Crippen LogP contribution in [0.4, 0.5) is 0 Å². The fourth-order valence-corrected chi connectivity index (χ4v) is 2.87. The first-order valence-electron chi connectivity index (χ1n) is 8.96. The summed E-state index contributed by atoms with van der Waals surface area (Å²) in [7, 11) is 0. The van der Waals surface area contributed by atoms with Gasteiger partial charge in [0, 0.05) is 22.2 Å². The predicted octanol–water partition coefficient (Wildman–Crippen LogP) is 4.55. The van der Waals surface area contributed by atoms with Gasteiger partial charge in [-0.25, -0.2) is 4.79 Å². The fraction of sp³-hybridized carbons (Fsp3) is 0.273. The maximum Gasteiger partial charge on any atom is 0.338 e. The number of benzene rings is 2. The minimum absolute atomic E-state index is 0.227. The highest BCUT2D eigenvalue weighted by atomic mass is 16.5. The van der Waals surface area contributed by atoms with Gasteiger partial charge in [0.15, 0.2) is 6.61 Å². The Kier molecular flexibility index (Phi) is 5.60. The Balaban J connectivity index is 1.63. The summed E-state index contributed by atoms with van der Waals surface area (Å²) in [6.45, 7) is 6.29. The van der Waals surface area contributed by atoms with E-state index in [0.717, 1.165) is 16.6 Å². The number of para-hydroxylation sites is 1. The van der Waals surface area contributed by atoms with E-state index < -0.39 is 5.97 Å². The van der Waals surface area contributed by atoms with Gasteiger partial charge in [-0.2, -0.15) is 0 Å². The number of rotatable bonds is 7. The quantitative estimate of drug-likeness (QED) is 0.493. The number of H-pyrrole nitrogens is 1. The molecule has 0 atom stereocenters. The molecule has 0 aliphatic rings. The Bertz CT molecular complexity index is 954. The Morgan fingerprint density at radius 2 is 1.74 bits per heavy atom. The van der Waals surface area contributed by atoms with E-state index in [9.17, 15) is 9.59 Å². The van der Waals surface area contributed by atoms with Gasteiger partial charge in [-0.1, -0.05) is 32.0 Å². The van der Waals surface area contributed by atoms with E-state index in [0.29, 0.717) is 29.4 Å². The highest BCUT2D eigenvalue weighted by Crippen LogP contribution is 2.22. The van der Waals surface area contributed by atoms with E-state index in [4.69, 9.17) is 9.47 Å². The largest absolute Gasteiger partial charge is 0.493 e. The molecular weight excluding hydrogens is 342 g/mol. The van der Waals surface area contributed by atoms with E-state index in [1.54, 1.807) is 24.3 Å². The van der Waals surface area contributed by atoms with Crippen LogP contribution in [0.5, 0.6) is 5.75 Å². The van der Waals surface area contributed by atoms with Crippen molar-refractivity contribution in [2.75, 3.05) is 13.2 Å². The van der Waals surface area contributed by atoms with E-state index in [1.807, 2.05) is 31.2 Å². The van der Waals surface area contributed by atoms with Gasteiger partial charge in [0.2, 0.25) is 5.78 Å². The zero-order valence-corrected chi connectivity index (χ0v) is 15.7. The number of carbonyl (C=O) groups excluding carboxylic acids is 2. The van der Waals surface area contributed by atoms with Crippen LogP contribution >= 0.6 is 0 Å². The van der Waals surface area contributed by atoms with Crippen LogP contribution in [0, 0.1) is 12.8 Å². The first kappa shape index (κ1) is 18.7. The van der Waals surface area contributed by atoms with E-state index >= 15 is 0 Å². The van der Waals surface area contributed by atoms with Crippen LogP contribution in [0.15, 0.2) is 48.5 Å². The number of nitrogens with one attached hydrogen (secondary N) is 1. The highest BCUT2D eigenvalue weighted by Gasteiger charge is 2.18. The van der Waals surface area contributed by atoms with Crippen molar-refractivity contribution in [2.24, 2.45) is 5.92 Å². The molecule has 140 valence electrons. The summed E-state index contributed by atoms with van der Waals surface area (Å²) in [5.74, 6) is 0.366. The van der Waals surface area contributed by atoms with Crippen molar-refractivity contribution in [1.29, 1.82) is 0 Å². The van der Waals surface area contributed by atoms with Gasteiger partial charge in [0.05, 0.1) is 12.2 Å². The van der Waals surface area contributed by atoms with Gasteiger partial charge >= 0.3 is 5.97 Å². The van der Waals surface area contributed by atoms with Gasteiger partial charge < -0.3 is 14.5 Å². The Morgan fingerprint density at radius 1 is 1.04 bits per heavy atom. The molecule has 0 bridgehead atoms. The molecule has 0 radical (unpaired) electrons. The molecule has 5 heteroatoms. The smallest absolute Gasteiger partial charge is 0.338 e. The van der Waals surface area contributed by atoms with Crippen molar-refractivity contribution in [3.63, 3.8) is 0 Å². The van der Waals surface area contributed by atoms with Crippen molar-refractivity contribution in [2.45, 2.75) is 20.8 Å². The van der Waals surface area contributed by atoms with Gasteiger partial charge in [0.1, 0.15) is 5.75 Å². The molecule has 0 amide bonds. The lowest BCUT2D eigenvalue weighted by molar-refractivity contribution is 0.0475. The van der Waals surface area contributed by atoms with Crippen molar-refractivity contribution in [1.82, 2.24) is 4.98 Å². The minimum Gasteiger partial charge on any atom is -0.493 e. The minimum atomic E-state index is -0.531. The van der Waals surface area contributed by atoms with Crippen molar-refractivity contribution in [3.05, 3.63) is 65.4 Å². The van der Waals surface area contributed by atoms with Crippen LogP contribution in [0.25, 0.3) is 10.9 Å². The van der Waals surface area contributed by atoms with Crippen LogP contribution in [-0.4, -0.2) is 30.0 Å². The van der Waals surface area contributed by atoms with E-state index in [1.165, 1.54) is 0 Å². The van der Waals surface area contributed by atoms with Crippen LogP contribution in [0.3, 0.4) is 0 Å². The average Bonchev–Trinajstić information content (AvgIpc) is 3.00. The topological polar surface area (TPSA) is 68.4 Å². The maximum absolute atomic E-state index is 12.6. The zero-order chi connectivity index (χ0) is 19.4. The number of hydrogen-bond acceptors (Lipinski definition) is 4. The van der Waals surface area contributed by atoms with E-state index in [2.05, 4.69) is 18.8 Å². The summed E-state index contributed by atoms with van der Waals surface area (Å²) in [5.41, 5.74) is 2.61. The number of aromatic amines is 1. The lowest BCUT2D eigenvalue weighted by atomic mass is 10.1. The second-order valence-electron chi connectivity index (χ2n) is 6.90. The van der Waals surface area contributed by atoms with Crippen LogP contribution < -0.4 is 4.74 Å².